The Kier molecular flexibility index (Phi) is 9.30. The molecule has 2 aromatic rings. The van der Waals surface area contributed by atoms with Crippen molar-refractivity contribution in [2.24, 2.45) is 10.7 Å². The number of ether oxygens (including phenoxy) is 1. The largest absolute Gasteiger partial charge is 0.460 e. The van der Waals surface area contributed by atoms with Gasteiger partial charge in [0, 0.05) is 12.6 Å². The monoisotopic (exact) mass is 558 g/mol. The second-order valence-corrected chi connectivity index (χ2v) is 11.9. The van der Waals surface area contributed by atoms with Crippen molar-refractivity contribution < 1.29 is 28.3 Å². The first-order valence-electron chi connectivity index (χ1n) is 12.0. The zero-order valence-electron chi connectivity index (χ0n) is 20.9. The van der Waals surface area contributed by atoms with Crippen molar-refractivity contribution in [1.29, 1.82) is 0 Å². The van der Waals surface area contributed by atoms with Crippen molar-refractivity contribution in [1.82, 2.24) is 9.99 Å². The van der Waals surface area contributed by atoms with Crippen molar-refractivity contribution >= 4 is 31.3 Å². The third-order valence-corrected chi connectivity index (χ3v) is 8.96. The maximum Gasteiger partial charge on any atom is 0.459 e. The number of aliphatic hydroxyl groups is 1. The highest BCUT2D eigenvalue weighted by molar-refractivity contribution is 8.00. The average molecular weight is 559 g/mol. The van der Waals surface area contributed by atoms with Gasteiger partial charge in [-0.2, -0.15) is 5.09 Å². The lowest BCUT2D eigenvalue weighted by molar-refractivity contribution is -0.146. The Bertz CT molecular complexity index is 1230. The minimum Gasteiger partial charge on any atom is -0.460 e. The number of hydrogen-bond donors (Lipinski definition) is 3. The molecule has 38 heavy (non-hydrogen) atoms. The molecule has 0 aromatic heterocycles. The first-order valence-corrected chi connectivity index (χ1v) is 14.5. The number of carbonyl (C=O) groups is 1. The second-order valence-electron chi connectivity index (χ2n) is 8.75. The topological polar surface area (TPSA) is 136 Å². The Morgan fingerprint density at radius 2 is 1.95 bits per heavy atom. The fourth-order valence-corrected chi connectivity index (χ4v) is 6.90. The van der Waals surface area contributed by atoms with Gasteiger partial charge in [-0.3, -0.25) is 9.32 Å². The lowest BCUT2D eigenvalue weighted by Crippen LogP contribution is -2.36. The van der Waals surface area contributed by atoms with Crippen molar-refractivity contribution in [3.63, 3.8) is 0 Å². The summed E-state index contributed by atoms with van der Waals surface area (Å²) in [5.74, 6) is 0.519. The molecule has 10 nitrogen and oxygen atoms in total. The lowest BCUT2D eigenvalue weighted by Gasteiger charge is -2.28. The Hall–Kier alpha value is -3.08. The number of amidine groups is 1. The molecule has 0 aliphatic carbocycles. The standard InChI is InChI=1S/C26H31N4O6PS/c1-18(26(32)34-16-20-9-5-3-6-10-20)29-37(33,36-21-11-7-4-8-12-21)35-17-23-22(31)15-25(38-23)30-14-13-24(27)28-19(30)2/h3-14,18,22-23,25,31H,2,15-17H2,1H3,(H2,27,28)(H,29,33)/t18-,22+,23+,25+,37?/m0/s1. The SMILES string of the molecule is C=C1N=C(N)C=CN1[C@H]1C[C@@H](O)[C@@H](COP(=O)(N[C@@H](C)C(=O)OCc2ccccc2)Oc2ccccc2)S1. The zero-order chi connectivity index (χ0) is 27.1. The van der Waals surface area contributed by atoms with Crippen LogP contribution in [0.15, 0.2) is 90.3 Å². The molecule has 0 saturated carbocycles. The van der Waals surface area contributed by atoms with E-state index in [4.69, 9.17) is 19.5 Å². The number of benzene rings is 2. The van der Waals surface area contributed by atoms with Gasteiger partial charge in [0.2, 0.25) is 0 Å². The Morgan fingerprint density at radius 3 is 2.63 bits per heavy atom. The molecule has 1 saturated heterocycles. The van der Waals surface area contributed by atoms with Crippen LogP contribution in [0.3, 0.4) is 0 Å². The van der Waals surface area contributed by atoms with E-state index in [1.54, 1.807) is 42.6 Å². The molecule has 2 aromatic carbocycles. The lowest BCUT2D eigenvalue weighted by atomic mass is 10.2. The normalized spacial score (nSPS) is 23.4. The van der Waals surface area contributed by atoms with Gasteiger partial charge in [-0.1, -0.05) is 55.1 Å². The third kappa shape index (κ3) is 7.49. The Morgan fingerprint density at radius 1 is 1.26 bits per heavy atom. The van der Waals surface area contributed by atoms with Gasteiger partial charge in [-0.05, 0) is 30.7 Å². The zero-order valence-corrected chi connectivity index (χ0v) is 22.6. The van der Waals surface area contributed by atoms with Gasteiger partial charge in [0.05, 0.1) is 23.3 Å². The van der Waals surface area contributed by atoms with E-state index in [1.165, 1.54) is 18.7 Å². The van der Waals surface area contributed by atoms with Crippen molar-refractivity contribution in [3.8, 4) is 5.75 Å². The number of aliphatic imine (C=N–C) groups is 1. The molecule has 2 heterocycles. The molecule has 5 atom stereocenters. The van der Waals surface area contributed by atoms with Gasteiger partial charge in [-0.25, -0.2) is 9.56 Å². The van der Waals surface area contributed by atoms with Gasteiger partial charge in [0.15, 0.2) is 0 Å². The fraction of sp³-hybridized carbons (Fsp3) is 0.308. The summed E-state index contributed by atoms with van der Waals surface area (Å²) >= 11 is 1.44. The number of para-hydroxylation sites is 1. The molecule has 1 unspecified atom stereocenters. The van der Waals surface area contributed by atoms with Gasteiger partial charge in [0.25, 0.3) is 0 Å². The van der Waals surface area contributed by atoms with Gasteiger partial charge in [0.1, 0.15) is 30.1 Å². The Balaban J connectivity index is 1.39. The van der Waals surface area contributed by atoms with E-state index >= 15 is 0 Å². The molecule has 0 radical (unpaired) electrons. The van der Waals surface area contributed by atoms with Crippen LogP contribution in [0.5, 0.6) is 5.75 Å². The average Bonchev–Trinajstić information content (AvgIpc) is 3.27. The number of rotatable bonds is 11. The molecule has 2 aliphatic rings. The van der Waals surface area contributed by atoms with E-state index in [9.17, 15) is 14.5 Å². The van der Waals surface area contributed by atoms with Crippen LogP contribution in [0.1, 0.15) is 18.9 Å². The maximum absolute atomic E-state index is 13.8. The summed E-state index contributed by atoms with van der Waals surface area (Å²) in [5.41, 5.74) is 6.55. The number of aliphatic hydroxyl groups excluding tert-OH is 1. The van der Waals surface area contributed by atoms with Crippen LogP contribution in [-0.4, -0.2) is 51.2 Å². The number of thioether (sulfide) groups is 1. The highest BCUT2D eigenvalue weighted by atomic mass is 32.2. The summed E-state index contributed by atoms with van der Waals surface area (Å²) in [4.78, 5) is 18.6. The van der Waals surface area contributed by atoms with Crippen LogP contribution in [0.25, 0.3) is 0 Å². The van der Waals surface area contributed by atoms with Crippen LogP contribution in [0, 0.1) is 0 Å². The predicted molar refractivity (Wildman–Crippen MR) is 147 cm³/mol. The van der Waals surface area contributed by atoms with Crippen LogP contribution in [0.4, 0.5) is 0 Å². The molecule has 12 heteroatoms. The van der Waals surface area contributed by atoms with E-state index in [0.29, 0.717) is 23.8 Å². The Labute approximate surface area is 226 Å². The number of esters is 1. The van der Waals surface area contributed by atoms with Crippen molar-refractivity contribution in [3.05, 3.63) is 90.9 Å². The number of nitrogens with zero attached hydrogens (tertiary/aromatic N) is 2. The quantitative estimate of drug-likeness (QED) is 0.276. The minimum absolute atomic E-state index is 0.0780. The van der Waals surface area contributed by atoms with E-state index < -0.39 is 31.1 Å². The van der Waals surface area contributed by atoms with Gasteiger partial charge < -0.3 is 25.0 Å². The van der Waals surface area contributed by atoms with Crippen LogP contribution >= 0.6 is 19.5 Å². The third-order valence-electron chi connectivity index (χ3n) is 5.78. The van der Waals surface area contributed by atoms with Crippen molar-refractivity contribution in [2.45, 2.75) is 42.7 Å². The summed E-state index contributed by atoms with van der Waals surface area (Å²) < 4.78 is 30.6. The molecule has 1 fully saturated rings. The molecular formula is C26H31N4O6PS. The van der Waals surface area contributed by atoms with Gasteiger partial charge >= 0.3 is 13.7 Å². The summed E-state index contributed by atoms with van der Waals surface area (Å²) in [6.45, 7) is 5.42. The van der Waals surface area contributed by atoms with Gasteiger partial charge in [-0.15, -0.1) is 11.8 Å². The molecule has 2 aliphatic heterocycles. The van der Waals surface area contributed by atoms with E-state index in [0.717, 1.165) is 5.56 Å². The second kappa shape index (κ2) is 12.6. The first kappa shape index (κ1) is 27.9. The molecule has 0 amide bonds. The molecule has 4 N–H and O–H groups in total. The first-order chi connectivity index (χ1) is 18.2. The fourth-order valence-electron chi connectivity index (χ4n) is 3.81. The summed E-state index contributed by atoms with van der Waals surface area (Å²) in [6.07, 6.45) is 3.10. The van der Waals surface area contributed by atoms with Crippen LogP contribution < -0.4 is 15.3 Å². The van der Waals surface area contributed by atoms with E-state index in [-0.39, 0.29) is 18.6 Å². The molecular weight excluding hydrogens is 527 g/mol. The highest BCUT2D eigenvalue weighted by Gasteiger charge is 2.40. The predicted octanol–water partition coefficient (Wildman–Crippen LogP) is 3.76. The molecule has 4 rings (SSSR count). The van der Waals surface area contributed by atoms with E-state index in [1.807, 2.05) is 35.2 Å². The minimum atomic E-state index is -4.06. The van der Waals surface area contributed by atoms with Crippen LogP contribution in [0.2, 0.25) is 0 Å². The number of nitrogens with two attached hydrogens (primary N) is 1. The number of nitrogens with one attached hydrogen (secondary N) is 1. The van der Waals surface area contributed by atoms with E-state index in [2.05, 4.69) is 16.7 Å². The number of hydrogen-bond acceptors (Lipinski definition) is 10. The summed E-state index contributed by atoms with van der Waals surface area (Å²) in [5, 5.41) is 12.8. The summed E-state index contributed by atoms with van der Waals surface area (Å²) in [6, 6.07) is 16.8. The smallest absolute Gasteiger partial charge is 0.459 e. The number of carbonyl (C=O) groups excluding carboxylic acids is 1. The molecule has 0 bridgehead atoms. The van der Waals surface area contributed by atoms with Crippen LogP contribution in [-0.2, 0) is 25.2 Å². The van der Waals surface area contributed by atoms with Crippen molar-refractivity contribution in [2.75, 3.05) is 6.61 Å². The summed E-state index contributed by atoms with van der Waals surface area (Å²) in [7, 11) is -4.06. The molecule has 202 valence electrons. The maximum atomic E-state index is 13.8. The highest BCUT2D eigenvalue weighted by Crippen LogP contribution is 2.47. The molecule has 0 spiro atoms.